The number of oxazole rings is 1. The van der Waals surface area contributed by atoms with E-state index in [-0.39, 0.29) is 28.8 Å². The number of β-lactam (4-membered cyclic amide) rings is 1. The zero-order valence-corrected chi connectivity index (χ0v) is 20.9. The first kappa shape index (κ1) is 24.5. The van der Waals surface area contributed by atoms with Crippen molar-refractivity contribution in [2.75, 3.05) is 18.6 Å². The predicted octanol–water partition coefficient (Wildman–Crippen LogP) is 0.457. The molecule has 0 unspecified atom stereocenters. The van der Waals surface area contributed by atoms with Crippen molar-refractivity contribution in [1.82, 2.24) is 20.2 Å². The van der Waals surface area contributed by atoms with Crippen LogP contribution in [0.4, 0.5) is 5.13 Å². The molecule has 5 rings (SSSR count). The first-order chi connectivity index (χ1) is 17.9. The van der Waals surface area contributed by atoms with Crippen LogP contribution in [0.5, 0.6) is 0 Å². The molecule has 3 aromatic heterocycles. The van der Waals surface area contributed by atoms with Gasteiger partial charge in [-0.15, -0.1) is 23.1 Å². The number of rotatable bonds is 8. The van der Waals surface area contributed by atoms with Gasteiger partial charge in [0.05, 0.1) is 6.20 Å². The van der Waals surface area contributed by atoms with Crippen LogP contribution < -0.4 is 15.6 Å². The molecule has 4 N–H and O–H groups in total. The van der Waals surface area contributed by atoms with Gasteiger partial charge in [0.2, 0.25) is 5.89 Å². The third-order valence-electron chi connectivity index (χ3n) is 5.64. The number of aliphatic carboxylic acids is 1. The number of nitrogens with one attached hydrogen (secondary N) is 1. The molecule has 37 heavy (non-hydrogen) atoms. The number of aromatic nitrogens is 3. The van der Waals surface area contributed by atoms with Gasteiger partial charge >= 0.3 is 5.97 Å². The van der Waals surface area contributed by atoms with Gasteiger partial charge in [-0.25, -0.2) is 19.3 Å². The second-order valence-electron chi connectivity index (χ2n) is 7.91. The topological polar surface area (TPSA) is 177 Å². The van der Waals surface area contributed by atoms with E-state index < -0.39 is 29.2 Å². The fraction of sp³-hybridized carbons (Fsp3) is 0.227. The number of oxime groups is 1. The standard InChI is InChI=1S/C22H19N7O6S2/c1-34-27-14(13-10-37-22(23)25-13)17(30)26-15-19(31)29-16(21(32)33)12(9-36-20(15)29)8-28-5-2-11(3-6-28)18-24-4-7-35-18/h2-7,10,15,20H,8-9H2,1H3,(H3-,23,25,26,30,32,33)/p+1/b27-14+/t15-,20-/m0/s1. The van der Waals surface area contributed by atoms with Gasteiger partial charge in [-0.05, 0) is 0 Å². The summed E-state index contributed by atoms with van der Waals surface area (Å²) in [6.45, 7) is 0.268. The van der Waals surface area contributed by atoms with E-state index >= 15 is 0 Å². The third-order valence-corrected chi connectivity index (χ3v) is 7.66. The van der Waals surface area contributed by atoms with E-state index in [0.29, 0.717) is 17.2 Å². The molecular weight excluding hydrogens is 522 g/mol. The maximum atomic E-state index is 13.0. The Bertz CT molecular complexity index is 1420. The number of carbonyl (C=O) groups excluding carboxylic acids is 2. The van der Waals surface area contributed by atoms with E-state index in [2.05, 4.69) is 20.4 Å². The van der Waals surface area contributed by atoms with Gasteiger partial charge in [0.15, 0.2) is 29.8 Å². The molecule has 5 heterocycles. The summed E-state index contributed by atoms with van der Waals surface area (Å²) in [4.78, 5) is 52.2. The summed E-state index contributed by atoms with van der Waals surface area (Å²) in [5.74, 6) is -1.59. The van der Waals surface area contributed by atoms with Crippen LogP contribution in [0, 0.1) is 0 Å². The number of thioether (sulfide) groups is 1. The normalized spacial score (nSPS) is 19.3. The average Bonchev–Trinajstić information content (AvgIpc) is 3.58. The van der Waals surface area contributed by atoms with Crippen molar-refractivity contribution in [2.45, 2.75) is 18.0 Å². The van der Waals surface area contributed by atoms with Crippen molar-refractivity contribution in [1.29, 1.82) is 0 Å². The molecule has 1 saturated heterocycles. The highest BCUT2D eigenvalue weighted by atomic mass is 32.2. The quantitative estimate of drug-likeness (QED) is 0.157. The maximum Gasteiger partial charge on any atom is 0.352 e. The largest absolute Gasteiger partial charge is 0.477 e. The van der Waals surface area contributed by atoms with Crippen LogP contribution >= 0.6 is 23.1 Å². The van der Waals surface area contributed by atoms with Gasteiger partial charge in [-0.3, -0.25) is 14.5 Å². The fourth-order valence-corrected chi connectivity index (χ4v) is 5.88. The van der Waals surface area contributed by atoms with E-state index in [1.165, 1.54) is 30.0 Å². The Morgan fingerprint density at radius 1 is 1.41 bits per heavy atom. The minimum absolute atomic E-state index is 0.0819. The number of hydrogen-bond acceptors (Lipinski definition) is 11. The zero-order valence-electron chi connectivity index (χ0n) is 19.2. The van der Waals surface area contributed by atoms with Gasteiger partial charge in [0, 0.05) is 34.4 Å². The zero-order chi connectivity index (χ0) is 26.1. The number of thiazole rings is 1. The minimum Gasteiger partial charge on any atom is -0.477 e. The molecule has 15 heteroatoms. The molecule has 0 aromatic carbocycles. The van der Waals surface area contributed by atoms with Crippen LogP contribution in [0.1, 0.15) is 5.69 Å². The highest BCUT2D eigenvalue weighted by Crippen LogP contribution is 2.40. The van der Waals surface area contributed by atoms with E-state index in [9.17, 15) is 19.5 Å². The highest BCUT2D eigenvalue weighted by Gasteiger charge is 2.54. The van der Waals surface area contributed by atoms with Gasteiger partial charge in [-0.1, -0.05) is 5.16 Å². The van der Waals surface area contributed by atoms with Gasteiger partial charge in [-0.2, -0.15) is 0 Å². The van der Waals surface area contributed by atoms with Crippen LogP contribution in [0.15, 0.2) is 63.2 Å². The molecular formula is C22H20N7O6S2+. The predicted molar refractivity (Wildman–Crippen MR) is 132 cm³/mol. The fourth-order valence-electron chi connectivity index (χ4n) is 4.00. The van der Waals surface area contributed by atoms with Crippen LogP contribution in [0.25, 0.3) is 11.5 Å². The molecule has 13 nitrogen and oxygen atoms in total. The molecule has 0 spiro atoms. The van der Waals surface area contributed by atoms with Crippen LogP contribution in [-0.4, -0.2) is 67.7 Å². The molecule has 1 fully saturated rings. The lowest BCUT2D eigenvalue weighted by atomic mass is 10.0. The molecule has 3 aromatic rings. The first-order valence-corrected chi connectivity index (χ1v) is 12.7. The first-order valence-electron chi connectivity index (χ1n) is 10.8. The minimum atomic E-state index is -1.21. The van der Waals surface area contributed by atoms with Crippen molar-refractivity contribution in [3.63, 3.8) is 0 Å². The number of carbonyl (C=O) groups is 3. The Morgan fingerprint density at radius 2 is 2.19 bits per heavy atom. The summed E-state index contributed by atoms with van der Waals surface area (Å²) in [6.07, 6.45) is 6.60. The lowest BCUT2D eigenvalue weighted by Crippen LogP contribution is -2.71. The molecule has 2 aliphatic heterocycles. The van der Waals surface area contributed by atoms with Crippen molar-refractivity contribution >= 4 is 51.7 Å². The summed E-state index contributed by atoms with van der Waals surface area (Å²) in [7, 11) is 1.28. The van der Waals surface area contributed by atoms with Crippen molar-refractivity contribution < 1.29 is 33.3 Å². The Balaban J connectivity index is 1.32. The third kappa shape index (κ3) is 4.65. The number of fused-ring (bicyclic) bond motifs is 1. The molecule has 0 aliphatic carbocycles. The maximum absolute atomic E-state index is 13.0. The van der Waals surface area contributed by atoms with Crippen LogP contribution in [-0.2, 0) is 25.8 Å². The van der Waals surface area contributed by atoms with Crippen molar-refractivity contribution in [3.05, 3.63) is 59.3 Å². The Hall–Kier alpha value is -4.24. The number of anilines is 1. The summed E-state index contributed by atoms with van der Waals surface area (Å²) in [5, 5.41) is 17.5. The van der Waals surface area contributed by atoms with E-state index in [1.54, 1.807) is 36.1 Å². The number of nitrogens with zero attached hydrogens (tertiary/aromatic N) is 5. The van der Waals surface area contributed by atoms with E-state index in [4.69, 9.17) is 15.0 Å². The molecule has 2 atom stereocenters. The van der Waals surface area contributed by atoms with Gasteiger partial charge < -0.3 is 25.4 Å². The number of amides is 2. The van der Waals surface area contributed by atoms with Crippen LogP contribution in [0.2, 0.25) is 0 Å². The van der Waals surface area contributed by atoms with E-state index in [0.717, 1.165) is 16.9 Å². The summed E-state index contributed by atoms with van der Waals surface area (Å²) < 4.78 is 7.10. The average molecular weight is 543 g/mol. The monoisotopic (exact) mass is 542 g/mol. The van der Waals surface area contributed by atoms with E-state index in [1.807, 2.05) is 4.57 Å². The number of pyridine rings is 1. The highest BCUT2D eigenvalue weighted by molar-refractivity contribution is 8.00. The lowest BCUT2D eigenvalue weighted by Gasteiger charge is -2.49. The Morgan fingerprint density at radius 3 is 2.81 bits per heavy atom. The second-order valence-corrected chi connectivity index (χ2v) is 9.90. The number of nitrogens with two attached hydrogens (primary N) is 1. The number of hydrogen-bond donors (Lipinski definition) is 3. The summed E-state index contributed by atoms with van der Waals surface area (Å²) >= 11 is 2.50. The molecule has 2 aliphatic rings. The van der Waals surface area contributed by atoms with Crippen molar-refractivity contribution in [2.24, 2.45) is 5.16 Å². The molecule has 0 bridgehead atoms. The lowest BCUT2D eigenvalue weighted by molar-refractivity contribution is -0.689. The van der Waals surface area contributed by atoms with Gasteiger partial charge in [0.25, 0.3) is 11.8 Å². The number of nitrogen functional groups attached to an aromatic ring is 1. The second kappa shape index (κ2) is 10.0. The number of carboxylic acid groups (broad SMARTS) is 1. The molecule has 0 radical (unpaired) electrons. The molecule has 190 valence electrons. The molecule has 2 amide bonds. The Labute approximate surface area is 217 Å². The summed E-state index contributed by atoms with van der Waals surface area (Å²) in [6, 6.07) is 2.68. The molecule has 0 saturated carbocycles. The van der Waals surface area contributed by atoms with Gasteiger partial charge in [0.1, 0.15) is 36.2 Å². The van der Waals surface area contributed by atoms with Crippen molar-refractivity contribution in [3.8, 4) is 11.5 Å². The van der Waals surface area contributed by atoms with Crippen LogP contribution in [0.3, 0.4) is 0 Å². The smallest absolute Gasteiger partial charge is 0.352 e. The Kier molecular flexibility index (Phi) is 6.62. The number of carboxylic acids is 1. The SMILES string of the molecule is CO/N=C(/C(=O)N[C@H]1C(=O)N2C(C(=O)O)=C(C[n+]3ccc(-c4ncco4)cc3)CS[C@@H]12)c1csc(N)n1. The summed E-state index contributed by atoms with van der Waals surface area (Å²) in [5.41, 5.74) is 6.99.